The van der Waals surface area contributed by atoms with E-state index in [1.807, 2.05) is 6.07 Å². The first-order valence-corrected chi connectivity index (χ1v) is 7.34. The van der Waals surface area contributed by atoms with Crippen molar-refractivity contribution in [2.75, 3.05) is 19.1 Å². The molecule has 1 aromatic rings. The van der Waals surface area contributed by atoms with Crippen molar-refractivity contribution in [1.82, 2.24) is 0 Å². The Bertz CT molecular complexity index is 350. The maximum Gasteiger partial charge on any atom is 0.124 e. The summed E-state index contributed by atoms with van der Waals surface area (Å²) in [5.74, 6) is 2.20. The number of thioether (sulfide) groups is 1. The molecule has 17 heavy (non-hydrogen) atoms. The van der Waals surface area contributed by atoms with Gasteiger partial charge < -0.3 is 9.84 Å². The Hall–Kier alpha value is -0.670. The minimum absolute atomic E-state index is 0.434. The van der Waals surface area contributed by atoms with Gasteiger partial charge >= 0.3 is 0 Å². The molecule has 96 valence electrons. The van der Waals surface area contributed by atoms with E-state index >= 15 is 0 Å². The van der Waals surface area contributed by atoms with Crippen molar-refractivity contribution in [3.05, 3.63) is 29.3 Å². The molecule has 1 N–H and O–H groups in total. The van der Waals surface area contributed by atoms with E-state index in [-0.39, 0.29) is 0 Å². The van der Waals surface area contributed by atoms with Crippen molar-refractivity contribution in [2.24, 2.45) is 0 Å². The normalized spacial score (nSPS) is 12.8. The molecule has 1 atom stereocenters. The predicted octanol–water partition coefficient (Wildman–Crippen LogP) is 3.61. The third-order valence-corrected chi connectivity index (χ3v) is 3.52. The summed E-state index contributed by atoms with van der Waals surface area (Å²) < 4.78 is 5.31. The van der Waals surface area contributed by atoms with Crippen molar-refractivity contribution < 1.29 is 9.84 Å². The van der Waals surface area contributed by atoms with Crippen LogP contribution < -0.4 is 4.74 Å². The Morgan fingerprint density at radius 1 is 1.35 bits per heavy atom. The van der Waals surface area contributed by atoms with Gasteiger partial charge in [0.2, 0.25) is 0 Å². The molecular formula is C14H22O2S. The zero-order valence-corrected chi connectivity index (χ0v) is 11.9. The first kappa shape index (κ1) is 14.4. The van der Waals surface area contributed by atoms with Crippen LogP contribution in [0.3, 0.4) is 0 Å². The highest BCUT2D eigenvalue weighted by atomic mass is 32.2. The number of hydrogen-bond donors (Lipinski definition) is 1. The second kappa shape index (κ2) is 6.92. The average Bonchev–Trinajstić information content (AvgIpc) is 2.34. The van der Waals surface area contributed by atoms with Crippen molar-refractivity contribution >= 4 is 11.8 Å². The maximum absolute atomic E-state index is 10.2. The Morgan fingerprint density at radius 3 is 2.59 bits per heavy atom. The Kier molecular flexibility index (Phi) is 5.86. The van der Waals surface area contributed by atoms with Crippen molar-refractivity contribution in [1.29, 1.82) is 0 Å². The molecule has 0 aliphatic carbocycles. The largest absolute Gasteiger partial charge is 0.496 e. The summed E-state index contributed by atoms with van der Waals surface area (Å²) in [6, 6.07) is 6.08. The highest BCUT2D eigenvalue weighted by Crippen LogP contribution is 2.31. The third kappa shape index (κ3) is 3.93. The van der Waals surface area contributed by atoms with E-state index in [1.165, 1.54) is 5.56 Å². The smallest absolute Gasteiger partial charge is 0.124 e. The highest BCUT2D eigenvalue weighted by Gasteiger charge is 2.14. The first-order valence-electron chi connectivity index (χ1n) is 5.95. The van der Waals surface area contributed by atoms with Gasteiger partial charge in [-0.3, -0.25) is 0 Å². The minimum atomic E-state index is -0.434. The van der Waals surface area contributed by atoms with Gasteiger partial charge in [-0.2, -0.15) is 11.8 Å². The van der Waals surface area contributed by atoms with Gasteiger partial charge in [0, 0.05) is 5.56 Å². The molecule has 0 spiro atoms. The second-order valence-electron chi connectivity index (χ2n) is 4.45. The molecule has 0 aliphatic heterocycles. The number of aliphatic hydroxyl groups is 1. The van der Waals surface area contributed by atoms with Crippen LogP contribution in [0, 0.1) is 0 Å². The van der Waals surface area contributed by atoms with E-state index in [2.05, 4.69) is 32.2 Å². The van der Waals surface area contributed by atoms with Crippen LogP contribution in [0.25, 0.3) is 0 Å². The SMILES string of the molecule is COc1ccc(C(C)C)cc1C(O)CCSC. The van der Waals surface area contributed by atoms with Crippen molar-refractivity contribution in [3.63, 3.8) is 0 Å². The molecular weight excluding hydrogens is 232 g/mol. The van der Waals surface area contributed by atoms with Crippen LogP contribution in [0.5, 0.6) is 5.75 Å². The summed E-state index contributed by atoms with van der Waals surface area (Å²) >= 11 is 1.75. The van der Waals surface area contributed by atoms with Crippen LogP contribution in [0.1, 0.15) is 43.4 Å². The molecule has 0 saturated heterocycles. The van der Waals surface area contributed by atoms with E-state index in [0.29, 0.717) is 5.92 Å². The van der Waals surface area contributed by atoms with Gasteiger partial charge in [-0.05, 0) is 42.0 Å². The van der Waals surface area contributed by atoms with Crippen molar-refractivity contribution in [3.8, 4) is 5.75 Å². The quantitative estimate of drug-likeness (QED) is 0.841. The summed E-state index contributed by atoms with van der Waals surface area (Å²) in [4.78, 5) is 0. The van der Waals surface area contributed by atoms with E-state index in [1.54, 1.807) is 18.9 Å². The zero-order valence-electron chi connectivity index (χ0n) is 11.1. The molecule has 0 amide bonds. The van der Waals surface area contributed by atoms with Crippen LogP contribution >= 0.6 is 11.8 Å². The standard InChI is InChI=1S/C14H22O2S/c1-10(2)11-5-6-14(16-3)12(9-11)13(15)7-8-17-4/h5-6,9-10,13,15H,7-8H2,1-4H3. The maximum atomic E-state index is 10.2. The van der Waals surface area contributed by atoms with Gasteiger partial charge in [0.1, 0.15) is 5.75 Å². The summed E-state index contributed by atoms with van der Waals surface area (Å²) in [5, 5.41) is 10.2. The molecule has 2 nitrogen and oxygen atoms in total. The van der Waals surface area contributed by atoms with Gasteiger partial charge in [0.15, 0.2) is 0 Å². The summed E-state index contributed by atoms with van der Waals surface area (Å²) in [5.41, 5.74) is 2.15. The van der Waals surface area contributed by atoms with Crippen LogP contribution in [0.4, 0.5) is 0 Å². The summed E-state index contributed by atoms with van der Waals surface area (Å²) in [6.07, 6.45) is 2.38. The van der Waals surface area contributed by atoms with Gasteiger partial charge in [-0.1, -0.05) is 19.9 Å². The molecule has 1 unspecified atom stereocenters. The fourth-order valence-corrected chi connectivity index (χ4v) is 2.22. The van der Waals surface area contributed by atoms with Crippen LogP contribution in [-0.2, 0) is 0 Å². The molecule has 0 fully saturated rings. The predicted molar refractivity (Wildman–Crippen MR) is 75.0 cm³/mol. The molecule has 1 rings (SSSR count). The van der Waals surface area contributed by atoms with Crippen LogP contribution in [0.15, 0.2) is 18.2 Å². The van der Waals surface area contributed by atoms with Crippen molar-refractivity contribution in [2.45, 2.75) is 32.3 Å². The number of hydrogen-bond acceptors (Lipinski definition) is 3. The van der Waals surface area contributed by atoms with E-state index < -0.39 is 6.10 Å². The molecule has 0 bridgehead atoms. The lowest BCUT2D eigenvalue weighted by atomic mass is 9.97. The van der Waals surface area contributed by atoms with Gasteiger partial charge in [-0.25, -0.2) is 0 Å². The Labute approximate surface area is 108 Å². The van der Waals surface area contributed by atoms with Crippen LogP contribution in [-0.4, -0.2) is 24.2 Å². The lowest BCUT2D eigenvalue weighted by molar-refractivity contribution is 0.170. The molecule has 0 saturated carbocycles. The lowest BCUT2D eigenvalue weighted by Crippen LogP contribution is -2.03. The van der Waals surface area contributed by atoms with E-state index in [9.17, 15) is 5.11 Å². The zero-order chi connectivity index (χ0) is 12.8. The fraction of sp³-hybridized carbons (Fsp3) is 0.571. The topological polar surface area (TPSA) is 29.5 Å². The summed E-state index contributed by atoms with van der Waals surface area (Å²) in [7, 11) is 1.65. The number of benzene rings is 1. The highest BCUT2D eigenvalue weighted by molar-refractivity contribution is 7.98. The molecule has 1 aromatic carbocycles. The molecule has 0 aliphatic rings. The van der Waals surface area contributed by atoms with E-state index in [0.717, 1.165) is 23.5 Å². The van der Waals surface area contributed by atoms with E-state index in [4.69, 9.17) is 4.74 Å². The number of methoxy groups -OCH3 is 1. The molecule has 0 aromatic heterocycles. The Balaban J connectivity index is 2.96. The Morgan fingerprint density at radius 2 is 2.06 bits per heavy atom. The number of rotatable bonds is 6. The van der Waals surface area contributed by atoms with Crippen LogP contribution in [0.2, 0.25) is 0 Å². The average molecular weight is 254 g/mol. The summed E-state index contributed by atoms with van der Waals surface area (Å²) in [6.45, 7) is 4.31. The molecule has 3 heteroatoms. The third-order valence-electron chi connectivity index (χ3n) is 2.87. The second-order valence-corrected chi connectivity index (χ2v) is 5.44. The first-order chi connectivity index (χ1) is 8.10. The lowest BCUT2D eigenvalue weighted by Gasteiger charge is -2.17. The monoisotopic (exact) mass is 254 g/mol. The van der Waals surface area contributed by atoms with Gasteiger partial charge in [-0.15, -0.1) is 0 Å². The molecule has 0 radical (unpaired) electrons. The molecule has 0 heterocycles. The fourth-order valence-electron chi connectivity index (χ4n) is 1.76. The minimum Gasteiger partial charge on any atom is -0.496 e. The van der Waals surface area contributed by atoms with Gasteiger partial charge in [0.25, 0.3) is 0 Å². The number of ether oxygens (including phenoxy) is 1. The van der Waals surface area contributed by atoms with Gasteiger partial charge in [0.05, 0.1) is 13.2 Å². The number of aliphatic hydroxyl groups excluding tert-OH is 1.